The van der Waals surface area contributed by atoms with E-state index in [4.69, 9.17) is 9.47 Å². The first-order valence-electron chi connectivity index (χ1n) is 7.23. The van der Waals surface area contributed by atoms with Gasteiger partial charge in [0.15, 0.2) is 11.5 Å². The molecule has 1 aromatic carbocycles. The molecular formula is C15H22N2O2. The lowest BCUT2D eigenvalue weighted by Crippen LogP contribution is -2.45. The second-order valence-corrected chi connectivity index (χ2v) is 5.11. The van der Waals surface area contributed by atoms with E-state index >= 15 is 0 Å². The number of nitrogens with one attached hydrogen (secondary N) is 1. The van der Waals surface area contributed by atoms with Gasteiger partial charge >= 0.3 is 0 Å². The van der Waals surface area contributed by atoms with Gasteiger partial charge in [0, 0.05) is 32.2 Å². The Morgan fingerprint density at radius 1 is 1.16 bits per heavy atom. The third-order valence-corrected chi connectivity index (χ3v) is 3.93. The molecule has 2 aliphatic rings. The molecule has 0 saturated carbocycles. The second-order valence-electron chi connectivity index (χ2n) is 5.11. The summed E-state index contributed by atoms with van der Waals surface area (Å²) in [5, 5.41) is 3.41. The maximum atomic E-state index is 5.69. The fraction of sp³-hybridized carbons (Fsp3) is 0.600. The number of nitrogens with zero attached hydrogens (tertiary/aromatic N) is 1. The van der Waals surface area contributed by atoms with Gasteiger partial charge in [0.2, 0.25) is 0 Å². The number of rotatable bonds is 3. The summed E-state index contributed by atoms with van der Waals surface area (Å²) in [6.07, 6.45) is 1.12. The van der Waals surface area contributed by atoms with Crippen LogP contribution >= 0.6 is 0 Å². The monoisotopic (exact) mass is 262 g/mol. The molecule has 0 unspecified atom stereocenters. The van der Waals surface area contributed by atoms with E-state index in [2.05, 4.69) is 35.3 Å². The molecule has 19 heavy (non-hydrogen) atoms. The quantitative estimate of drug-likeness (QED) is 0.901. The summed E-state index contributed by atoms with van der Waals surface area (Å²) >= 11 is 0. The van der Waals surface area contributed by atoms with Gasteiger partial charge in [-0.3, -0.25) is 4.90 Å². The molecule has 0 amide bonds. The first-order chi connectivity index (χ1) is 9.38. The zero-order valence-corrected chi connectivity index (χ0v) is 11.5. The van der Waals surface area contributed by atoms with Gasteiger partial charge in [0.1, 0.15) is 13.2 Å². The molecule has 3 rings (SSSR count). The molecule has 1 fully saturated rings. The van der Waals surface area contributed by atoms with Crippen LogP contribution in [0.4, 0.5) is 0 Å². The van der Waals surface area contributed by atoms with Gasteiger partial charge in [-0.2, -0.15) is 0 Å². The molecule has 1 atom stereocenters. The van der Waals surface area contributed by atoms with E-state index in [9.17, 15) is 0 Å². The molecular weight excluding hydrogens is 240 g/mol. The lowest BCUT2D eigenvalue weighted by atomic mass is 10.0. The lowest BCUT2D eigenvalue weighted by molar-refractivity contribution is 0.162. The van der Waals surface area contributed by atoms with Gasteiger partial charge in [0.25, 0.3) is 0 Å². The van der Waals surface area contributed by atoms with Crippen LogP contribution in [0.25, 0.3) is 0 Å². The van der Waals surface area contributed by atoms with Crippen molar-refractivity contribution in [2.45, 2.75) is 19.4 Å². The van der Waals surface area contributed by atoms with Crippen LogP contribution in [0, 0.1) is 0 Å². The highest BCUT2D eigenvalue weighted by Crippen LogP contribution is 2.35. The number of fused-ring (bicyclic) bond motifs is 1. The van der Waals surface area contributed by atoms with Gasteiger partial charge in [-0.1, -0.05) is 13.0 Å². The number of hydrogen-bond acceptors (Lipinski definition) is 4. The van der Waals surface area contributed by atoms with E-state index in [1.807, 2.05) is 0 Å². The smallest absolute Gasteiger partial charge is 0.161 e. The summed E-state index contributed by atoms with van der Waals surface area (Å²) in [6, 6.07) is 6.88. The van der Waals surface area contributed by atoms with Crippen molar-refractivity contribution < 1.29 is 9.47 Å². The summed E-state index contributed by atoms with van der Waals surface area (Å²) in [6.45, 7) is 7.97. The van der Waals surface area contributed by atoms with Gasteiger partial charge in [-0.15, -0.1) is 0 Å². The van der Waals surface area contributed by atoms with Crippen LogP contribution < -0.4 is 14.8 Å². The second kappa shape index (κ2) is 5.80. The minimum Gasteiger partial charge on any atom is -0.486 e. The van der Waals surface area contributed by atoms with E-state index in [1.54, 1.807) is 0 Å². The Morgan fingerprint density at radius 3 is 2.63 bits per heavy atom. The fourth-order valence-corrected chi connectivity index (χ4v) is 2.97. The van der Waals surface area contributed by atoms with Crippen molar-refractivity contribution in [3.05, 3.63) is 23.8 Å². The zero-order chi connectivity index (χ0) is 13.1. The van der Waals surface area contributed by atoms with Crippen molar-refractivity contribution in [1.29, 1.82) is 0 Å². The van der Waals surface area contributed by atoms with Crippen molar-refractivity contribution in [1.82, 2.24) is 10.2 Å². The van der Waals surface area contributed by atoms with Crippen LogP contribution in [0.1, 0.15) is 24.9 Å². The van der Waals surface area contributed by atoms with Crippen LogP contribution in [0.15, 0.2) is 18.2 Å². The molecule has 1 saturated heterocycles. The third kappa shape index (κ3) is 2.69. The molecule has 2 heterocycles. The molecule has 0 radical (unpaired) electrons. The zero-order valence-electron chi connectivity index (χ0n) is 11.5. The van der Waals surface area contributed by atoms with Crippen LogP contribution in [-0.4, -0.2) is 44.3 Å². The standard InChI is InChI=1S/C15H22N2O2/c1-2-13(17-7-5-16-6-8-17)12-3-4-14-15(11-12)19-10-9-18-14/h3-4,11,13,16H,2,5-10H2,1H3/t13-/m0/s1. The predicted octanol–water partition coefficient (Wildman–Crippen LogP) is 1.81. The Bertz CT molecular complexity index is 430. The highest BCUT2D eigenvalue weighted by Gasteiger charge is 2.22. The highest BCUT2D eigenvalue weighted by molar-refractivity contribution is 5.44. The summed E-state index contributed by atoms with van der Waals surface area (Å²) in [4.78, 5) is 2.56. The number of piperazine rings is 1. The lowest BCUT2D eigenvalue weighted by Gasteiger charge is -2.35. The van der Waals surface area contributed by atoms with Crippen LogP contribution in [0.3, 0.4) is 0 Å². The summed E-state index contributed by atoms with van der Waals surface area (Å²) in [7, 11) is 0. The van der Waals surface area contributed by atoms with Gasteiger partial charge in [-0.25, -0.2) is 0 Å². The summed E-state index contributed by atoms with van der Waals surface area (Å²) < 4.78 is 11.3. The first kappa shape index (κ1) is 12.8. The van der Waals surface area contributed by atoms with E-state index in [-0.39, 0.29) is 0 Å². The molecule has 0 aromatic heterocycles. The minimum absolute atomic E-state index is 0.484. The molecule has 4 heteroatoms. The highest BCUT2D eigenvalue weighted by atomic mass is 16.6. The molecule has 1 N–H and O–H groups in total. The van der Waals surface area contributed by atoms with E-state index < -0.39 is 0 Å². The molecule has 2 aliphatic heterocycles. The van der Waals surface area contributed by atoms with Crippen molar-refractivity contribution in [2.75, 3.05) is 39.4 Å². The van der Waals surface area contributed by atoms with E-state index in [0.29, 0.717) is 19.3 Å². The van der Waals surface area contributed by atoms with Gasteiger partial charge in [-0.05, 0) is 24.1 Å². The molecule has 0 bridgehead atoms. The number of ether oxygens (including phenoxy) is 2. The van der Waals surface area contributed by atoms with Gasteiger partial charge < -0.3 is 14.8 Å². The van der Waals surface area contributed by atoms with Crippen molar-refractivity contribution in [2.24, 2.45) is 0 Å². The van der Waals surface area contributed by atoms with Gasteiger partial charge in [0.05, 0.1) is 0 Å². The van der Waals surface area contributed by atoms with Crippen molar-refractivity contribution >= 4 is 0 Å². The minimum atomic E-state index is 0.484. The Kier molecular flexibility index (Phi) is 3.89. The fourth-order valence-electron chi connectivity index (χ4n) is 2.97. The van der Waals surface area contributed by atoms with E-state index in [0.717, 1.165) is 44.1 Å². The SMILES string of the molecule is CC[C@@H](c1ccc2c(c1)OCCO2)N1CCNCC1. The molecule has 0 aliphatic carbocycles. The molecule has 0 spiro atoms. The topological polar surface area (TPSA) is 33.7 Å². The average molecular weight is 262 g/mol. The molecule has 4 nitrogen and oxygen atoms in total. The van der Waals surface area contributed by atoms with E-state index in [1.165, 1.54) is 5.56 Å². The number of benzene rings is 1. The maximum absolute atomic E-state index is 5.69. The largest absolute Gasteiger partial charge is 0.486 e. The molecule has 1 aromatic rings. The maximum Gasteiger partial charge on any atom is 0.161 e. The Hall–Kier alpha value is -1.26. The first-order valence-corrected chi connectivity index (χ1v) is 7.23. The average Bonchev–Trinajstić information content (AvgIpc) is 2.49. The predicted molar refractivity (Wildman–Crippen MR) is 74.9 cm³/mol. The Morgan fingerprint density at radius 2 is 1.89 bits per heavy atom. The van der Waals surface area contributed by atoms with Crippen LogP contribution in [0.2, 0.25) is 0 Å². The normalized spacial score (nSPS) is 21.1. The van der Waals surface area contributed by atoms with Crippen LogP contribution in [0.5, 0.6) is 11.5 Å². The third-order valence-electron chi connectivity index (χ3n) is 3.93. The Labute approximate surface area is 114 Å². The van der Waals surface area contributed by atoms with Crippen molar-refractivity contribution in [3.63, 3.8) is 0 Å². The van der Waals surface area contributed by atoms with Crippen molar-refractivity contribution in [3.8, 4) is 11.5 Å². The number of hydrogen-bond donors (Lipinski definition) is 1. The Balaban J connectivity index is 1.82. The summed E-state index contributed by atoms with van der Waals surface area (Å²) in [5.74, 6) is 1.78. The van der Waals surface area contributed by atoms with Crippen LogP contribution in [-0.2, 0) is 0 Å². The molecule has 104 valence electrons. The summed E-state index contributed by atoms with van der Waals surface area (Å²) in [5.41, 5.74) is 1.34.